The largest absolute Gasteiger partial charge is 0.508 e. The number of rotatable bonds is 4. The van der Waals surface area contributed by atoms with Crippen LogP contribution < -0.4 is 15.5 Å². The molecule has 1 saturated heterocycles. The number of benzene rings is 2. The third-order valence-electron chi connectivity index (χ3n) is 5.89. The minimum absolute atomic E-state index is 0.124. The van der Waals surface area contributed by atoms with Crippen LogP contribution in [0, 0.1) is 12.8 Å². The molecule has 3 heterocycles. The van der Waals surface area contributed by atoms with E-state index in [9.17, 15) is 9.90 Å². The Kier molecular flexibility index (Phi) is 4.67. The summed E-state index contributed by atoms with van der Waals surface area (Å²) in [7, 11) is 0. The average molecular weight is 404 g/mol. The van der Waals surface area contributed by atoms with Crippen molar-refractivity contribution in [3.8, 4) is 22.8 Å². The number of hydrogen-bond donors (Lipinski definition) is 4. The quantitative estimate of drug-likeness (QED) is 0.417. The maximum absolute atomic E-state index is 12.9. The summed E-state index contributed by atoms with van der Waals surface area (Å²) in [6.45, 7) is 4.48. The number of aromatic nitrogens is 3. The zero-order valence-electron chi connectivity index (χ0n) is 16.8. The van der Waals surface area contributed by atoms with Crippen LogP contribution in [-0.2, 0) is 0 Å². The van der Waals surface area contributed by atoms with Gasteiger partial charge in [-0.1, -0.05) is 0 Å². The van der Waals surface area contributed by atoms with Gasteiger partial charge in [0, 0.05) is 27.4 Å². The van der Waals surface area contributed by atoms with Gasteiger partial charge in [0.15, 0.2) is 11.4 Å². The average Bonchev–Trinajstić information content (AvgIpc) is 3.14. The van der Waals surface area contributed by atoms with Gasteiger partial charge in [-0.25, -0.2) is 4.98 Å². The molecule has 0 unspecified atom stereocenters. The van der Waals surface area contributed by atoms with Crippen molar-refractivity contribution >= 4 is 21.8 Å². The maximum atomic E-state index is 12.9. The van der Waals surface area contributed by atoms with Gasteiger partial charge >= 0.3 is 0 Å². The van der Waals surface area contributed by atoms with Crippen LogP contribution in [0.5, 0.6) is 11.5 Å². The van der Waals surface area contributed by atoms with Gasteiger partial charge in [0.05, 0.1) is 12.3 Å². The van der Waals surface area contributed by atoms with Crippen molar-refractivity contribution in [3.05, 3.63) is 52.3 Å². The summed E-state index contributed by atoms with van der Waals surface area (Å²) >= 11 is 0. The fourth-order valence-corrected chi connectivity index (χ4v) is 4.21. The predicted molar refractivity (Wildman–Crippen MR) is 117 cm³/mol. The number of phenolic OH excluding ortho intramolecular Hbond substituents is 1. The molecule has 7 nitrogen and oxygen atoms in total. The lowest BCUT2D eigenvalue weighted by Crippen LogP contribution is -2.31. The van der Waals surface area contributed by atoms with Crippen molar-refractivity contribution in [3.63, 3.8) is 0 Å². The fourth-order valence-electron chi connectivity index (χ4n) is 4.21. The SMILES string of the molecule is Cc1[nH][nH]c2nc(-c3ccc(O)cc3)c3cc(OCC4CCNCC4)c(=O)cc3c12. The van der Waals surface area contributed by atoms with Crippen LogP contribution in [0.1, 0.15) is 18.5 Å². The van der Waals surface area contributed by atoms with Crippen molar-refractivity contribution in [2.75, 3.05) is 19.7 Å². The second-order valence-corrected chi connectivity index (χ2v) is 7.95. The van der Waals surface area contributed by atoms with Gasteiger partial charge in [-0.3, -0.25) is 9.89 Å². The van der Waals surface area contributed by atoms with Crippen LogP contribution in [0.3, 0.4) is 0 Å². The van der Waals surface area contributed by atoms with E-state index in [0.717, 1.165) is 59.0 Å². The lowest BCUT2D eigenvalue weighted by molar-refractivity contribution is 0.214. The highest BCUT2D eigenvalue weighted by Gasteiger charge is 2.18. The number of aromatic hydroxyl groups is 1. The van der Waals surface area contributed by atoms with E-state index in [1.165, 1.54) is 0 Å². The number of ether oxygens (including phenoxy) is 1. The van der Waals surface area contributed by atoms with E-state index in [0.29, 0.717) is 23.9 Å². The van der Waals surface area contributed by atoms with Crippen molar-refractivity contribution < 1.29 is 9.84 Å². The van der Waals surface area contributed by atoms with Crippen LogP contribution in [0.2, 0.25) is 0 Å². The van der Waals surface area contributed by atoms with Crippen LogP contribution in [0.15, 0.2) is 41.2 Å². The zero-order valence-corrected chi connectivity index (χ0v) is 16.8. The molecule has 1 aliphatic heterocycles. The third-order valence-corrected chi connectivity index (χ3v) is 5.89. The third kappa shape index (κ3) is 3.31. The molecule has 154 valence electrons. The first kappa shape index (κ1) is 18.7. The van der Waals surface area contributed by atoms with E-state index in [1.807, 2.05) is 25.1 Å². The minimum atomic E-state index is -0.124. The summed E-state index contributed by atoms with van der Waals surface area (Å²) in [4.78, 5) is 17.7. The van der Waals surface area contributed by atoms with Gasteiger partial charge in [0.25, 0.3) is 0 Å². The first-order chi connectivity index (χ1) is 14.6. The van der Waals surface area contributed by atoms with Gasteiger partial charge in [-0.2, -0.15) is 0 Å². The maximum Gasteiger partial charge on any atom is 0.221 e. The van der Waals surface area contributed by atoms with E-state index in [-0.39, 0.29) is 11.2 Å². The molecule has 1 fully saturated rings. The number of aromatic amines is 2. The molecular formula is C23H24N4O3. The van der Waals surface area contributed by atoms with Gasteiger partial charge in [0.2, 0.25) is 5.43 Å². The summed E-state index contributed by atoms with van der Waals surface area (Å²) in [6.07, 6.45) is 2.11. The molecule has 0 atom stereocenters. The van der Waals surface area contributed by atoms with Crippen LogP contribution in [-0.4, -0.2) is 40.0 Å². The van der Waals surface area contributed by atoms with Crippen molar-refractivity contribution in [1.82, 2.24) is 20.5 Å². The highest BCUT2D eigenvalue weighted by Crippen LogP contribution is 2.34. The number of nitrogens with zero attached hydrogens (tertiary/aromatic N) is 1. The molecule has 4 N–H and O–H groups in total. The molecule has 0 aliphatic carbocycles. The molecule has 1 aliphatic rings. The zero-order chi connectivity index (χ0) is 20.7. The number of hydrogen-bond acceptors (Lipinski definition) is 5. The van der Waals surface area contributed by atoms with Gasteiger partial charge in [-0.15, -0.1) is 0 Å². The Morgan fingerprint density at radius 3 is 2.63 bits per heavy atom. The summed E-state index contributed by atoms with van der Waals surface area (Å²) in [6, 6.07) is 10.4. The molecule has 4 aromatic rings. The normalized spacial score (nSPS) is 15.1. The van der Waals surface area contributed by atoms with Crippen molar-refractivity contribution in [2.45, 2.75) is 19.8 Å². The fraction of sp³-hybridized carbons (Fsp3) is 0.304. The summed E-state index contributed by atoms with van der Waals surface area (Å²) in [5.41, 5.74) is 3.07. The van der Waals surface area contributed by atoms with E-state index in [2.05, 4.69) is 15.5 Å². The standard InChI is InChI=1S/C23H24N4O3/c1-13-21-17-10-19(29)20(30-12-14-6-8-24-9-7-14)11-18(17)22(25-23(21)27-26-13)15-2-4-16(28)5-3-15/h2-5,10-11,14,24,28H,6-9,12H2,1H3,(H2,25,26,27). The van der Waals surface area contributed by atoms with Crippen molar-refractivity contribution in [2.24, 2.45) is 5.92 Å². The topological polar surface area (TPSA) is 103 Å². The summed E-state index contributed by atoms with van der Waals surface area (Å²) in [5.74, 6) is 1.01. The Bertz CT molecular complexity index is 1270. The van der Waals surface area contributed by atoms with Gasteiger partial charge in [0.1, 0.15) is 5.75 Å². The lowest BCUT2D eigenvalue weighted by atomic mass is 9.99. The number of fused-ring (bicyclic) bond motifs is 3. The summed E-state index contributed by atoms with van der Waals surface area (Å²) < 4.78 is 5.99. The van der Waals surface area contributed by atoms with Gasteiger partial charge in [-0.05, 0) is 75.2 Å². The predicted octanol–water partition coefficient (Wildman–Crippen LogP) is 3.46. The number of H-pyrrole nitrogens is 2. The van der Waals surface area contributed by atoms with Crippen molar-refractivity contribution in [1.29, 1.82) is 0 Å². The molecular weight excluding hydrogens is 380 g/mol. The van der Waals surface area contributed by atoms with E-state index in [1.54, 1.807) is 18.2 Å². The number of nitrogens with one attached hydrogen (secondary N) is 3. The number of piperidine rings is 1. The lowest BCUT2D eigenvalue weighted by Gasteiger charge is -2.22. The minimum Gasteiger partial charge on any atom is -0.508 e. The second-order valence-electron chi connectivity index (χ2n) is 7.95. The Labute approximate surface area is 173 Å². The van der Waals surface area contributed by atoms with Crippen LogP contribution in [0.4, 0.5) is 0 Å². The molecule has 5 rings (SSSR count). The van der Waals surface area contributed by atoms with Crippen LogP contribution >= 0.6 is 0 Å². The first-order valence-corrected chi connectivity index (χ1v) is 10.3. The second kappa shape index (κ2) is 7.50. The van der Waals surface area contributed by atoms with Gasteiger partial charge < -0.3 is 20.3 Å². The molecule has 0 radical (unpaired) electrons. The van der Waals surface area contributed by atoms with E-state index in [4.69, 9.17) is 9.72 Å². The molecule has 0 spiro atoms. The molecule has 0 bridgehead atoms. The van der Waals surface area contributed by atoms with E-state index < -0.39 is 0 Å². The number of aryl methyl sites for hydroxylation is 1. The Morgan fingerprint density at radius 1 is 1.10 bits per heavy atom. The summed E-state index contributed by atoms with van der Waals surface area (Å²) in [5, 5.41) is 21.8. The molecule has 30 heavy (non-hydrogen) atoms. The van der Waals surface area contributed by atoms with Crippen LogP contribution in [0.25, 0.3) is 33.1 Å². The Morgan fingerprint density at radius 2 is 1.87 bits per heavy atom. The monoisotopic (exact) mass is 404 g/mol. The molecule has 2 aromatic carbocycles. The highest BCUT2D eigenvalue weighted by atomic mass is 16.5. The van der Waals surface area contributed by atoms with E-state index >= 15 is 0 Å². The molecule has 0 saturated carbocycles. The smallest absolute Gasteiger partial charge is 0.221 e. The Balaban J connectivity index is 1.65. The molecule has 2 aromatic heterocycles. The molecule has 0 amide bonds. The molecule has 7 heteroatoms. The number of pyridine rings is 1. The Hall–Kier alpha value is -3.32. The first-order valence-electron chi connectivity index (χ1n) is 10.3. The highest BCUT2D eigenvalue weighted by molar-refractivity contribution is 6.11. The number of phenols is 1.